The molecule has 1 fully saturated rings. The van der Waals surface area contributed by atoms with E-state index in [2.05, 4.69) is 24.6 Å². The molecule has 2 atom stereocenters. The maximum absolute atomic E-state index is 4.78. The third-order valence-corrected chi connectivity index (χ3v) is 3.57. The highest BCUT2D eigenvalue weighted by Crippen LogP contribution is 2.41. The Morgan fingerprint density at radius 1 is 1.36 bits per heavy atom. The second-order valence-corrected chi connectivity index (χ2v) is 5.16. The van der Waals surface area contributed by atoms with Crippen LogP contribution >= 0.6 is 0 Å². The quantitative estimate of drug-likeness (QED) is 0.665. The number of imidazole rings is 1. The minimum absolute atomic E-state index is 0.661. The van der Waals surface area contributed by atoms with Crippen molar-refractivity contribution in [2.45, 2.75) is 51.5 Å². The minimum Gasteiger partial charge on any atom is -0.332 e. The SMILES string of the molecule is CC1Cc2nc(C3CC3)cn2C(C)C1. The molecule has 1 aromatic heterocycles. The normalized spacial score (nSPS) is 31.6. The van der Waals surface area contributed by atoms with Crippen molar-refractivity contribution < 1.29 is 0 Å². The van der Waals surface area contributed by atoms with Crippen LogP contribution in [0.3, 0.4) is 0 Å². The van der Waals surface area contributed by atoms with Crippen LogP contribution in [-0.4, -0.2) is 9.55 Å². The largest absolute Gasteiger partial charge is 0.332 e. The summed E-state index contributed by atoms with van der Waals surface area (Å²) in [7, 11) is 0. The molecule has 0 aromatic carbocycles. The molecule has 0 amide bonds. The molecule has 2 aliphatic rings. The Morgan fingerprint density at radius 3 is 2.86 bits per heavy atom. The van der Waals surface area contributed by atoms with E-state index in [1.165, 1.54) is 37.2 Å². The van der Waals surface area contributed by atoms with Crippen molar-refractivity contribution in [2.75, 3.05) is 0 Å². The summed E-state index contributed by atoms with van der Waals surface area (Å²) in [6.45, 7) is 4.66. The van der Waals surface area contributed by atoms with Crippen LogP contribution in [0.25, 0.3) is 0 Å². The van der Waals surface area contributed by atoms with Gasteiger partial charge in [-0.2, -0.15) is 0 Å². The predicted octanol–water partition coefficient (Wildman–Crippen LogP) is 2.90. The minimum atomic E-state index is 0.661. The molecule has 3 rings (SSSR count). The smallest absolute Gasteiger partial charge is 0.109 e. The fourth-order valence-electron chi connectivity index (χ4n) is 2.65. The van der Waals surface area contributed by atoms with E-state index < -0.39 is 0 Å². The van der Waals surface area contributed by atoms with Gasteiger partial charge in [-0.15, -0.1) is 0 Å². The molecule has 2 heteroatoms. The predicted molar refractivity (Wildman–Crippen MR) is 56.4 cm³/mol. The van der Waals surface area contributed by atoms with Crippen molar-refractivity contribution in [3.8, 4) is 0 Å². The van der Waals surface area contributed by atoms with Crippen molar-refractivity contribution in [3.63, 3.8) is 0 Å². The molecule has 14 heavy (non-hydrogen) atoms. The summed E-state index contributed by atoms with van der Waals surface area (Å²) in [5, 5.41) is 0. The molecule has 0 saturated heterocycles. The maximum Gasteiger partial charge on any atom is 0.109 e. The van der Waals surface area contributed by atoms with Crippen LogP contribution in [0.1, 0.15) is 56.6 Å². The monoisotopic (exact) mass is 190 g/mol. The Labute approximate surface area is 85.3 Å². The van der Waals surface area contributed by atoms with E-state index in [-0.39, 0.29) is 0 Å². The van der Waals surface area contributed by atoms with Crippen LogP contribution in [0.4, 0.5) is 0 Å². The molecule has 2 nitrogen and oxygen atoms in total. The van der Waals surface area contributed by atoms with Gasteiger partial charge in [0, 0.05) is 24.6 Å². The molecular formula is C12H18N2. The zero-order valence-electron chi connectivity index (χ0n) is 9.03. The molecule has 0 bridgehead atoms. The molecule has 76 valence electrons. The van der Waals surface area contributed by atoms with Crippen LogP contribution < -0.4 is 0 Å². The van der Waals surface area contributed by atoms with Crippen LogP contribution in [0.2, 0.25) is 0 Å². The summed E-state index contributed by atoms with van der Waals surface area (Å²) in [5.74, 6) is 2.95. The van der Waals surface area contributed by atoms with Gasteiger partial charge in [0.05, 0.1) is 5.69 Å². The summed E-state index contributed by atoms with van der Waals surface area (Å²) >= 11 is 0. The zero-order chi connectivity index (χ0) is 9.71. The van der Waals surface area contributed by atoms with Crippen LogP contribution in [0.5, 0.6) is 0 Å². The molecule has 0 N–H and O–H groups in total. The average molecular weight is 190 g/mol. The molecule has 0 radical (unpaired) electrons. The van der Waals surface area contributed by atoms with Crippen molar-refractivity contribution in [2.24, 2.45) is 5.92 Å². The Morgan fingerprint density at radius 2 is 2.14 bits per heavy atom. The fourth-order valence-corrected chi connectivity index (χ4v) is 2.65. The van der Waals surface area contributed by atoms with Gasteiger partial charge in [-0.1, -0.05) is 6.92 Å². The number of hydrogen-bond acceptors (Lipinski definition) is 1. The van der Waals surface area contributed by atoms with Gasteiger partial charge in [0.2, 0.25) is 0 Å². The van der Waals surface area contributed by atoms with E-state index in [9.17, 15) is 0 Å². The summed E-state index contributed by atoms with van der Waals surface area (Å²) < 4.78 is 2.41. The molecule has 2 heterocycles. The van der Waals surface area contributed by atoms with Gasteiger partial charge in [0.25, 0.3) is 0 Å². The average Bonchev–Trinajstić information content (AvgIpc) is 2.87. The highest BCUT2D eigenvalue weighted by Gasteiger charge is 2.30. The molecule has 1 aromatic rings. The fraction of sp³-hybridized carbons (Fsp3) is 0.750. The van der Waals surface area contributed by atoms with Gasteiger partial charge in [-0.3, -0.25) is 0 Å². The van der Waals surface area contributed by atoms with Gasteiger partial charge < -0.3 is 4.57 Å². The van der Waals surface area contributed by atoms with Crippen molar-refractivity contribution in [3.05, 3.63) is 17.7 Å². The Hall–Kier alpha value is -0.790. The first-order chi connectivity index (χ1) is 6.74. The Bertz CT molecular complexity index is 349. The first-order valence-electron chi connectivity index (χ1n) is 5.81. The lowest BCUT2D eigenvalue weighted by molar-refractivity contribution is 0.343. The van der Waals surface area contributed by atoms with E-state index >= 15 is 0 Å². The van der Waals surface area contributed by atoms with Crippen LogP contribution in [0.15, 0.2) is 6.20 Å². The topological polar surface area (TPSA) is 17.8 Å². The molecule has 2 unspecified atom stereocenters. The molecular weight excluding hydrogens is 172 g/mol. The standard InChI is InChI=1S/C12H18N2/c1-8-5-9(2)14-7-11(10-3-4-10)13-12(14)6-8/h7-10H,3-6H2,1-2H3. The first kappa shape index (κ1) is 8.51. The highest BCUT2D eigenvalue weighted by molar-refractivity contribution is 5.16. The van der Waals surface area contributed by atoms with E-state index in [0.29, 0.717) is 6.04 Å². The lowest BCUT2D eigenvalue weighted by Crippen LogP contribution is -2.20. The van der Waals surface area contributed by atoms with Crippen molar-refractivity contribution >= 4 is 0 Å². The van der Waals surface area contributed by atoms with Crippen LogP contribution in [0, 0.1) is 5.92 Å². The van der Waals surface area contributed by atoms with Gasteiger partial charge in [-0.25, -0.2) is 4.98 Å². The summed E-state index contributed by atoms with van der Waals surface area (Å²) in [6.07, 6.45) is 7.52. The summed E-state index contributed by atoms with van der Waals surface area (Å²) in [6, 6.07) is 0.661. The van der Waals surface area contributed by atoms with E-state index in [0.717, 1.165) is 11.8 Å². The van der Waals surface area contributed by atoms with Crippen molar-refractivity contribution in [1.29, 1.82) is 0 Å². The van der Waals surface area contributed by atoms with E-state index in [1.807, 2.05) is 0 Å². The number of aromatic nitrogens is 2. The van der Waals surface area contributed by atoms with Gasteiger partial charge in [-0.05, 0) is 32.1 Å². The second kappa shape index (κ2) is 2.85. The number of hydrogen-bond donors (Lipinski definition) is 0. The molecule has 0 spiro atoms. The first-order valence-corrected chi connectivity index (χ1v) is 5.81. The number of fused-ring (bicyclic) bond motifs is 1. The second-order valence-electron chi connectivity index (χ2n) is 5.16. The van der Waals surface area contributed by atoms with Gasteiger partial charge >= 0.3 is 0 Å². The van der Waals surface area contributed by atoms with E-state index in [1.54, 1.807) is 0 Å². The molecule has 1 aliphatic heterocycles. The number of nitrogens with zero attached hydrogens (tertiary/aromatic N) is 2. The van der Waals surface area contributed by atoms with E-state index in [4.69, 9.17) is 4.98 Å². The Kier molecular flexibility index (Phi) is 1.73. The van der Waals surface area contributed by atoms with Crippen LogP contribution in [-0.2, 0) is 6.42 Å². The Balaban J connectivity index is 1.97. The van der Waals surface area contributed by atoms with Gasteiger partial charge in [0.1, 0.15) is 5.82 Å². The zero-order valence-corrected chi connectivity index (χ0v) is 9.03. The lowest BCUT2D eigenvalue weighted by atomic mass is 9.95. The maximum atomic E-state index is 4.78. The third-order valence-electron chi connectivity index (χ3n) is 3.57. The third kappa shape index (κ3) is 1.28. The van der Waals surface area contributed by atoms with Crippen molar-refractivity contribution in [1.82, 2.24) is 9.55 Å². The molecule has 1 saturated carbocycles. The summed E-state index contributed by atoms with van der Waals surface area (Å²) in [4.78, 5) is 4.78. The molecule has 1 aliphatic carbocycles. The van der Waals surface area contributed by atoms with Gasteiger partial charge in [0.15, 0.2) is 0 Å². The summed E-state index contributed by atoms with van der Waals surface area (Å²) in [5.41, 5.74) is 1.36. The lowest BCUT2D eigenvalue weighted by Gasteiger charge is -2.26. The number of rotatable bonds is 1. The highest BCUT2D eigenvalue weighted by atomic mass is 15.1.